The van der Waals surface area contributed by atoms with Gasteiger partial charge in [0.1, 0.15) is 0 Å². The van der Waals surface area contributed by atoms with Crippen molar-refractivity contribution in [3.63, 3.8) is 0 Å². The first-order valence-electron chi connectivity index (χ1n) is 5.08. The third kappa shape index (κ3) is 4.07. The summed E-state index contributed by atoms with van der Waals surface area (Å²) in [6, 6.07) is 0. The standard InChI is InChI=1S/C10H20O3/c1-12-8-9-2-4-10(5-3-9)13-7-6-11/h9-11H,2-8H2,1H3. The highest BCUT2D eigenvalue weighted by Gasteiger charge is 2.20. The Morgan fingerprint density at radius 1 is 1.23 bits per heavy atom. The summed E-state index contributed by atoms with van der Waals surface area (Å²) in [5, 5.41) is 8.59. The summed E-state index contributed by atoms with van der Waals surface area (Å²) in [5.41, 5.74) is 0. The molecule has 0 radical (unpaired) electrons. The summed E-state index contributed by atoms with van der Waals surface area (Å²) < 4.78 is 10.6. The Labute approximate surface area is 80.0 Å². The van der Waals surface area contributed by atoms with Gasteiger partial charge in [-0.3, -0.25) is 0 Å². The van der Waals surface area contributed by atoms with Gasteiger partial charge in [-0.15, -0.1) is 0 Å². The van der Waals surface area contributed by atoms with Gasteiger partial charge in [-0.25, -0.2) is 0 Å². The molecule has 1 rings (SSSR count). The fourth-order valence-corrected chi connectivity index (χ4v) is 1.92. The topological polar surface area (TPSA) is 38.7 Å². The lowest BCUT2D eigenvalue weighted by molar-refractivity contribution is -0.00719. The lowest BCUT2D eigenvalue weighted by Gasteiger charge is -2.27. The Balaban J connectivity index is 2.08. The van der Waals surface area contributed by atoms with E-state index < -0.39 is 0 Å². The zero-order valence-electron chi connectivity index (χ0n) is 8.37. The van der Waals surface area contributed by atoms with E-state index >= 15 is 0 Å². The minimum Gasteiger partial charge on any atom is -0.394 e. The van der Waals surface area contributed by atoms with Crippen LogP contribution in [0.25, 0.3) is 0 Å². The number of hydrogen-bond acceptors (Lipinski definition) is 3. The third-order valence-corrected chi connectivity index (χ3v) is 2.64. The minimum atomic E-state index is 0.137. The van der Waals surface area contributed by atoms with Crippen LogP contribution in [-0.4, -0.2) is 38.1 Å². The second-order valence-corrected chi connectivity index (χ2v) is 3.69. The number of ether oxygens (including phenoxy) is 2. The maximum Gasteiger partial charge on any atom is 0.0701 e. The van der Waals surface area contributed by atoms with Crippen LogP contribution in [0.2, 0.25) is 0 Å². The van der Waals surface area contributed by atoms with Crippen LogP contribution in [0.3, 0.4) is 0 Å². The van der Waals surface area contributed by atoms with Crippen LogP contribution in [0.1, 0.15) is 25.7 Å². The molecule has 1 aliphatic carbocycles. The van der Waals surface area contributed by atoms with E-state index in [1.165, 1.54) is 12.8 Å². The van der Waals surface area contributed by atoms with Gasteiger partial charge in [-0.05, 0) is 31.6 Å². The molecule has 0 aromatic rings. The van der Waals surface area contributed by atoms with Crippen molar-refractivity contribution in [3.05, 3.63) is 0 Å². The normalized spacial score (nSPS) is 29.1. The van der Waals surface area contributed by atoms with E-state index in [-0.39, 0.29) is 6.61 Å². The van der Waals surface area contributed by atoms with Gasteiger partial charge < -0.3 is 14.6 Å². The van der Waals surface area contributed by atoms with Crippen molar-refractivity contribution in [2.24, 2.45) is 5.92 Å². The molecular formula is C10H20O3. The Morgan fingerprint density at radius 2 is 1.92 bits per heavy atom. The van der Waals surface area contributed by atoms with Gasteiger partial charge in [0.05, 0.1) is 19.3 Å². The number of rotatable bonds is 5. The second-order valence-electron chi connectivity index (χ2n) is 3.69. The lowest BCUT2D eigenvalue weighted by Crippen LogP contribution is -2.24. The lowest BCUT2D eigenvalue weighted by atomic mass is 9.88. The first-order chi connectivity index (χ1) is 6.36. The van der Waals surface area contributed by atoms with Crippen LogP contribution in [0, 0.1) is 5.92 Å². The molecule has 78 valence electrons. The van der Waals surface area contributed by atoms with Gasteiger partial charge in [0, 0.05) is 13.7 Å². The van der Waals surface area contributed by atoms with Gasteiger partial charge in [0.15, 0.2) is 0 Å². The Kier molecular flexibility index (Phi) is 5.35. The van der Waals surface area contributed by atoms with Gasteiger partial charge in [-0.1, -0.05) is 0 Å². The molecule has 0 aromatic carbocycles. The molecule has 1 fully saturated rings. The quantitative estimate of drug-likeness (QED) is 0.704. The minimum absolute atomic E-state index is 0.137. The number of hydrogen-bond donors (Lipinski definition) is 1. The number of methoxy groups -OCH3 is 1. The maximum absolute atomic E-state index is 8.59. The average Bonchev–Trinajstić information content (AvgIpc) is 2.17. The highest BCUT2D eigenvalue weighted by molar-refractivity contribution is 4.72. The van der Waals surface area contributed by atoms with E-state index in [0.29, 0.717) is 12.7 Å². The molecule has 0 bridgehead atoms. The number of aliphatic hydroxyl groups excluding tert-OH is 1. The molecule has 0 spiro atoms. The molecule has 0 saturated heterocycles. The SMILES string of the molecule is COCC1CCC(OCCO)CC1. The van der Waals surface area contributed by atoms with E-state index in [1.807, 2.05) is 0 Å². The first kappa shape index (κ1) is 11.0. The molecule has 13 heavy (non-hydrogen) atoms. The average molecular weight is 188 g/mol. The number of aliphatic hydroxyl groups is 1. The molecule has 0 amide bonds. The largest absolute Gasteiger partial charge is 0.394 e. The summed E-state index contributed by atoms with van der Waals surface area (Å²) in [6.45, 7) is 1.50. The van der Waals surface area contributed by atoms with E-state index in [4.69, 9.17) is 14.6 Å². The molecule has 3 nitrogen and oxygen atoms in total. The molecule has 0 aliphatic heterocycles. The van der Waals surface area contributed by atoms with E-state index in [2.05, 4.69) is 0 Å². The first-order valence-corrected chi connectivity index (χ1v) is 5.08. The molecule has 1 aliphatic rings. The maximum atomic E-state index is 8.59. The van der Waals surface area contributed by atoms with Gasteiger partial charge in [0.25, 0.3) is 0 Å². The zero-order valence-corrected chi connectivity index (χ0v) is 8.37. The molecule has 0 aromatic heterocycles. The third-order valence-electron chi connectivity index (χ3n) is 2.64. The zero-order chi connectivity index (χ0) is 9.52. The van der Waals surface area contributed by atoms with Crippen molar-refractivity contribution in [1.82, 2.24) is 0 Å². The predicted molar refractivity (Wildman–Crippen MR) is 50.7 cm³/mol. The van der Waals surface area contributed by atoms with Gasteiger partial charge in [0.2, 0.25) is 0 Å². The van der Waals surface area contributed by atoms with Crippen molar-refractivity contribution in [2.45, 2.75) is 31.8 Å². The summed E-state index contributed by atoms with van der Waals surface area (Å²) >= 11 is 0. The summed E-state index contributed by atoms with van der Waals surface area (Å²) in [7, 11) is 1.76. The fourth-order valence-electron chi connectivity index (χ4n) is 1.92. The molecule has 0 atom stereocenters. The van der Waals surface area contributed by atoms with Crippen molar-refractivity contribution in [3.8, 4) is 0 Å². The Hall–Kier alpha value is -0.120. The fraction of sp³-hybridized carbons (Fsp3) is 1.00. The van der Waals surface area contributed by atoms with Crippen LogP contribution >= 0.6 is 0 Å². The summed E-state index contributed by atoms with van der Waals surface area (Å²) in [6.07, 6.45) is 5.01. The van der Waals surface area contributed by atoms with Crippen molar-refractivity contribution >= 4 is 0 Å². The molecule has 3 heteroatoms. The van der Waals surface area contributed by atoms with Gasteiger partial charge >= 0.3 is 0 Å². The molecule has 1 saturated carbocycles. The monoisotopic (exact) mass is 188 g/mol. The second kappa shape index (κ2) is 6.35. The summed E-state index contributed by atoms with van der Waals surface area (Å²) in [5.74, 6) is 0.721. The Morgan fingerprint density at radius 3 is 2.46 bits per heavy atom. The van der Waals surface area contributed by atoms with E-state index in [9.17, 15) is 0 Å². The van der Waals surface area contributed by atoms with Crippen molar-refractivity contribution < 1.29 is 14.6 Å². The molecule has 0 heterocycles. The van der Waals surface area contributed by atoms with E-state index in [0.717, 1.165) is 25.4 Å². The Bertz CT molecular complexity index is 119. The predicted octanol–water partition coefficient (Wildman–Crippen LogP) is 1.20. The van der Waals surface area contributed by atoms with Crippen LogP contribution in [0.4, 0.5) is 0 Å². The molecule has 0 unspecified atom stereocenters. The van der Waals surface area contributed by atoms with E-state index in [1.54, 1.807) is 7.11 Å². The molecule has 1 N–H and O–H groups in total. The van der Waals surface area contributed by atoms with Crippen molar-refractivity contribution in [2.75, 3.05) is 26.9 Å². The van der Waals surface area contributed by atoms with Crippen LogP contribution in [-0.2, 0) is 9.47 Å². The van der Waals surface area contributed by atoms with Crippen molar-refractivity contribution in [1.29, 1.82) is 0 Å². The highest BCUT2D eigenvalue weighted by Crippen LogP contribution is 2.26. The summed E-state index contributed by atoms with van der Waals surface area (Å²) in [4.78, 5) is 0. The van der Waals surface area contributed by atoms with Crippen LogP contribution in [0.5, 0.6) is 0 Å². The van der Waals surface area contributed by atoms with Crippen LogP contribution in [0.15, 0.2) is 0 Å². The van der Waals surface area contributed by atoms with Gasteiger partial charge in [-0.2, -0.15) is 0 Å². The molecular weight excluding hydrogens is 168 g/mol. The van der Waals surface area contributed by atoms with Crippen LogP contribution < -0.4 is 0 Å². The smallest absolute Gasteiger partial charge is 0.0701 e. The highest BCUT2D eigenvalue weighted by atomic mass is 16.5.